The number of benzene rings is 1. The number of hydrogen-bond donors (Lipinski definition) is 2. The van der Waals surface area contributed by atoms with E-state index in [-0.39, 0.29) is 18.3 Å². The second-order valence-electron chi connectivity index (χ2n) is 8.33. The molecule has 0 bridgehead atoms. The maximum Gasteiger partial charge on any atom is 0.433 e. The number of nitrogens with one attached hydrogen (secondary N) is 1. The summed E-state index contributed by atoms with van der Waals surface area (Å²) in [7, 11) is 0. The van der Waals surface area contributed by atoms with Crippen molar-refractivity contribution in [3.63, 3.8) is 0 Å². The minimum Gasteiger partial charge on any atom is -0.750 e. The molecule has 34 heavy (non-hydrogen) atoms. The van der Waals surface area contributed by atoms with Crippen LogP contribution in [-0.4, -0.2) is 32.7 Å². The van der Waals surface area contributed by atoms with Gasteiger partial charge in [0.25, 0.3) is 0 Å². The van der Waals surface area contributed by atoms with Crippen molar-refractivity contribution in [3.05, 3.63) is 58.8 Å². The standard InChI is InChI=1S/C22H27F3N4O4S/c1-14(15-5-8-17(9-6-15)21(2,26)33-34(31)32)20(30)27-13-16-7-10-18(22(23,24)25)28-19(16)29-11-3-4-12-29/h5-10,14H,3-4,11-13,26H2,1-2H3,(H,27,30)(H,31,32)/p-1. The van der Waals surface area contributed by atoms with Crippen LogP contribution in [0.25, 0.3) is 0 Å². The Kier molecular flexibility index (Phi) is 7.96. The van der Waals surface area contributed by atoms with Gasteiger partial charge >= 0.3 is 6.18 Å². The molecule has 2 aromatic rings. The van der Waals surface area contributed by atoms with Crippen LogP contribution in [0, 0.1) is 0 Å². The Balaban J connectivity index is 1.71. The number of amides is 1. The molecule has 12 heteroatoms. The highest BCUT2D eigenvalue weighted by Crippen LogP contribution is 2.32. The van der Waals surface area contributed by atoms with Crippen LogP contribution in [0.3, 0.4) is 0 Å². The second kappa shape index (κ2) is 10.4. The van der Waals surface area contributed by atoms with E-state index in [0.717, 1.165) is 18.9 Å². The predicted molar refractivity (Wildman–Crippen MR) is 119 cm³/mol. The van der Waals surface area contributed by atoms with Gasteiger partial charge in [0.1, 0.15) is 11.5 Å². The number of anilines is 1. The molecule has 3 atom stereocenters. The third kappa shape index (κ3) is 6.32. The Morgan fingerprint density at radius 2 is 1.85 bits per heavy atom. The molecule has 1 aromatic carbocycles. The summed E-state index contributed by atoms with van der Waals surface area (Å²) < 4.78 is 65.8. The van der Waals surface area contributed by atoms with E-state index >= 15 is 0 Å². The van der Waals surface area contributed by atoms with Crippen molar-refractivity contribution in [2.45, 2.75) is 51.1 Å². The number of alkyl halides is 3. The average molecular weight is 500 g/mol. The summed E-state index contributed by atoms with van der Waals surface area (Å²) in [5, 5.41) is 2.77. The summed E-state index contributed by atoms with van der Waals surface area (Å²) in [5.74, 6) is -0.666. The third-order valence-electron chi connectivity index (χ3n) is 5.72. The first-order valence-corrected chi connectivity index (χ1v) is 11.7. The van der Waals surface area contributed by atoms with Crippen LogP contribution in [0.1, 0.15) is 55.0 Å². The van der Waals surface area contributed by atoms with Gasteiger partial charge in [0.05, 0.1) is 17.3 Å². The van der Waals surface area contributed by atoms with Crippen LogP contribution in [0.4, 0.5) is 19.0 Å². The van der Waals surface area contributed by atoms with Crippen molar-refractivity contribution in [3.8, 4) is 0 Å². The normalized spacial score (nSPS) is 17.8. The molecule has 3 unspecified atom stereocenters. The molecule has 3 rings (SSSR count). The zero-order valence-corrected chi connectivity index (χ0v) is 19.5. The molecule has 0 saturated carbocycles. The maximum atomic E-state index is 13.2. The molecule has 0 spiro atoms. The van der Waals surface area contributed by atoms with Gasteiger partial charge in [-0.15, -0.1) is 0 Å². The Hall–Kier alpha value is -2.54. The van der Waals surface area contributed by atoms with Crippen molar-refractivity contribution in [2.24, 2.45) is 5.73 Å². The molecule has 8 nitrogen and oxygen atoms in total. The topological polar surface area (TPSA) is 121 Å². The van der Waals surface area contributed by atoms with Crippen molar-refractivity contribution in [1.29, 1.82) is 0 Å². The highest BCUT2D eigenvalue weighted by atomic mass is 32.2. The average Bonchev–Trinajstić information content (AvgIpc) is 3.30. The van der Waals surface area contributed by atoms with Crippen LogP contribution in [0.2, 0.25) is 0 Å². The van der Waals surface area contributed by atoms with E-state index in [1.807, 2.05) is 0 Å². The highest BCUT2D eigenvalue weighted by Gasteiger charge is 2.34. The summed E-state index contributed by atoms with van der Waals surface area (Å²) in [4.78, 5) is 18.4. The lowest BCUT2D eigenvalue weighted by Gasteiger charge is -2.26. The SMILES string of the molecule is CC(C(=O)NCc1ccc(C(F)(F)F)nc1N1CCCC1)c1ccc(C(C)(N)OS(=O)[O-])cc1. The molecule has 0 radical (unpaired) electrons. The second-order valence-corrected chi connectivity index (χ2v) is 8.90. The molecule has 1 fully saturated rings. The molecular formula is C22H26F3N4O4S-. The first-order valence-electron chi connectivity index (χ1n) is 10.7. The molecule has 3 N–H and O–H groups in total. The lowest BCUT2D eigenvalue weighted by atomic mass is 9.96. The number of nitrogens with two attached hydrogens (primary N) is 1. The number of nitrogens with zero attached hydrogens (tertiary/aromatic N) is 2. The summed E-state index contributed by atoms with van der Waals surface area (Å²) >= 11 is -2.80. The van der Waals surface area contributed by atoms with Gasteiger partial charge in [0, 0.05) is 25.2 Å². The third-order valence-corrected chi connectivity index (χ3v) is 6.21. The van der Waals surface area contributed by atoms with Crippen LogP contribution in [0.15, 0.2) is 36.4 Å². The Bertz CT molecular complexity index is 1040. The molecule has 1 amide bonds. The van der Waals surface area contributed by atoms with Gasteiger partial charge < -0.3 is 14.8 Å². The summed E-state index contributed by atoms with van der Waals surface area (Å²) in [6.45, 7) is 4.33. The summed E-state index contributed by atoms with van der Waals surface area (Å²) in [5.41, 5.74) is 4.90. The number of halogens is 3. The van der Waals surface area contributed by atoms with E-state index < -0.39 is 34.9 Å². The number of hydrogen-bond acceptors (Lipinski definition) is 7. The molecule has 1 aliphatic rings. The molecule has 0 aliphatic carbocycles. The van der Waals surface area contributed by atoms with Crippen LogP contribution >= 0.6 is 0 Å². The van der Waals surface area contributed by atoms with E-state index in [9.17, 15) is 26.7 Å². The van der Waals surface area contributed by atoms with Crippen LogP contribution in [0.5, 0.6) is 0 Å². The van der Waals surface area contributed by atoms with E-state index in [0.29, 0.717) is 29.8 Å². The van der Waals surface area contributed by atoms with Gasteiger partial charge in [-0.3, -0.25) is 14.7 Å². The molecular weight excluding hydrogens is 473 g/mol. The fraction of sp³-hybridized carbons (Fsp3) is 0.455. The van der Waals surface area contributed by atoms with Crippen molar-refractivity contribution in [1.82, 2.24) is 10.3 Å². The van der Waals surface area contributed by atoms with Gasteiger partial charge in [-0.1, -0.05) is 30.3 Å². The summed E-state index contributed by atoms with van der Waals surface area (Å²) in [6.07, 6.45) is -2.81. The lowest BCUT2D eigenvalue weighted by molar-refractivity contribution is -0.141. The van der Waals surface area contributed by atoms with Gasteiger partial charge in [-0.25, -0.2) is 9.19 Å². The Morgan fingerprint density at radius 1 is 1.24 bits per heavy atom. The fourth-order valence-electron chi connectivity index (χ4n) is 3.75. The lowest BCUT2D eigenvalue weighted by Crippen LogP contribution is -2.36. The van der Waals surface area contributed by atoms with E-state index in [4.69, 9.17) is 5.73 Å². The molecule has 186 valence electrons. The highest BCUT2D eigenvalue weighted by molar-refractivity contribution is 7.74. The molecule has 1 saturated heterocycles. The van der Waals surface area contributed by atoms with Crippen molar-refractivity contribution < 1.29 is 30.9 Å². The largest absolute Gasteiger partial charge is 0.750 e. The van der Waals surface area contributed by atoms with E-state index in [1.165, 1.54) is 13.0 Å². The first-order chi connectivity index (χ1) is 15.9. The van der Waals surface area contributed by atoms with Gasteiger partial charge in [0.2, 0.25) is 5.91 Å². The van der Waals surface area contributed by atoms with Gasteiger partial charge in [-0.05, 0) is 43.9 Å². The van der Waals surface area contributed by atoms with E-state index in [1.54, 1.807) is 36.1 Å². The van der Waals surface area contributed by atoms with Gasteiger partial charge in [0.15, 0.2) is 5.72 Å². The number of carbonyl (C=O) groups is 1. The number of rotatable bonds is 8. The predicted octanol–water partition coefficient (Wildman–Crippen LogP) is 3.06. The number of pyridine rings is 1. The minimum absolute atomic E-state index is 0.0300. The smallest absolute Gasteiger partial charge is 0.433 e. The molecule has 1 aliphatic heterocycles. The summed E-state index contributed by atoms with van der Waals surface area (Å²) in [6, 6.07) is 8.68. The fourth-order valence-corrected chi connectivity index (χ4v) is 4.13. The zero-order valence-electron chi connectivity index (χ0n) is 18.7. The quantitative estimate of drug-likeness (QED) is 0.423. The minimum atomic E-state index is -4.55. The number of aromatic nitrogens is 1. The van der Waals surface area contributed by atoms with E-state index in [2.05, 4.69) is 14.5 Å². The molecule has 1 aromatic heterocycles. The monoisotopic (exact) mass is 499 g/mol. The number of carbonyl (C=O) groups excluding carboxylic acids is 1. The maximum absolute atomic E-state index is 13.2. The van der Waals surface area contributed by atoms with Crippen molar-refractivity contribution >= 4 is 23.1 Å². The molecule has 2 heterocycles. The van der Waals surface area contributed by atoms with Crippen LogP contribution < -0.4 is 16.0 Å². The first kappa shape index (κ1) is 26.1. The zero-order chi connectivity index (χ0) is 25.1. The Morgan fingerprint density at radius 3 is 2.41 bits per heavy atom. The van der Waals surface area contributed by atoms with Crippen LogP contribution in [-0.2, 0) is 38.8 Å². The van der Waals surface area contributed by atoms with Gasteiger partial charge in [-0.2, -0.15) is 13.2 Å². The van der Waals surface area contributed by atoms with Crippen molar-refractivity contribution in [2.75, 3.05) is 18.0 Å². The Labute approximate surface area is 198 Å².